The smallest absolute Gasteiger partial charge is 0.0437 e. The Kier molecular flexibility index (Phi) is 5.46. The first-order valence-electron chi connectivity index (χ1n) is 7.35. The lowest BCUT2D eigenvalue weighted by Crippen LogP contribution is -2.51. The molecule has 1 rings (SSSR count). The lowest BCUT2D eigenvalue weighted by Gasteiger charge is -2.44. The van der Waals surface area contributed by atoms with Gasteiger partial charge in [-0.15, -0.1) is 0 Å². The molecule has 0 heterocycles. The van der Waals surface area contributed by atoms with Crippen molar-refractivity contribution in [2.24, 2.45) is 17.1 Å². The lowest BCUT2D eigenvalue weighted by atomic mass is 9.65. The minimum Gasteiger partial charge on any atom is -0.396 e. The average molecular weight is 241 g/mol. The molecule has 0 aromatic rings. The number of rotatable bonds is 5. The van der Waals surface area contributed by atoms with Gasteiger partial charge in [-0.1, -0.05) is 32.6 Å². The first kappa shape index (κ1) is 15.0. The van der Waals surface area contributed by atoms with Crippen LogP contribution in [0.1, 0.15) is 72.1 Å². The summed E-state index contributed by atoms with van der Waals surface area (Å²) < 4.78 is 0. The van der Waals surface area contributed by atoms with E-state index in [1.165, 1.54) is 44.9 Å². The fraction of sp³-hybridized carbons (Fsp3) is 1.00. The van der Waals surface area contributed by atoms with E-state index < -0.39 is 0 Å². The zero-order valence-corrected chi connectivity index (χ0v) is 12.0. The van der Waals surface area contributed by atoms with Crippen molar-refractivity contribution in [3.63, 3.8) is 0 Å². The molecule has 2 atom stereocenters. The molecule has 0 saturated heterocycles. The quantitative estimate of drug-likeness (QED) is 0.724. The summed E-state index contributed by atoms with van der Waals surface area (Å²) in [5.41, 5.74) is 6.40. The molecule has 2 heteroatoms. The van der Waals surface area contributed by atoms with Crippen LogP contribution in [0.3, 0.4) is 0 Å². The Morgan fingerprint density at radius 3 is 2.53 bits per heavy atom. The van der Waals surface area contributed by atoms with Crippen molar-refractivity contribution >= 4 is 0 Å². The molecule has 0 aromatic heterocycles. The summed E-state index contributed by atoms with van der Waals surface area (Å²) in [7, 11) is 0. The van der Waals surface area contributed by atoms with Crippen LogP contribution < -0.4 is 5.73 Å². The van der Waals surface area contributed by atoms with Gasteiger partial charge in [0.25, 0.3) is 0 Å². The molecule has 1 aliphatic rings. The molecular formula is C15H31NO. The van der Waals surface area contributed by atoms with Gasteiger partial charge in [-0.2, -0.15) is 0 Å². The van der Waals surface area contributed by atoms with Gasteiger partial charge in [0, 0.05) is 12.1 Å². The van der Waals surface area contributed by atoms with Crippen molar-refractivity contribution in [2.75, 3.05) is 6.61 Å². The van der Waals surface area contributed by atoms with Gasteiger partial charge in [0.05, 0.1) is 0 Å². The van der Waals surface area contributed by atoms with E-state index in [1.54, 1.807) is 0 Å². The second-order valence-electron chi connectivity index (χ2n) is 6.56. The van der Waals surface area contributed by atoms with Crippen LogP contribution in [0, 0.1) is 11.3 Å². The fourth-order valence-electron chi connectivity index (χ4n) is 3.61. The van der Waals surface area contributed by atoms with Gasteiger partial charge in [0.2, 0.25) is 0 Å². The number of aliphatic hydroxyl groups excluding tert-OH is 1. The molecule has 0 bridgehead atoms. The third kappa shape index (κ3) is 3.69. The van der Waals surface area contributed by atoms with E-state index in [0.29, 0.717) is 0 Å². The van der Waals surface area contributed by atoms with Crippen LogP contribution in [0.5, 0.6) is 0 Å². The first-order chi connectivity index (χ1) is 7.95. The Balaban J connectivity index is 2.72. The van der Waals surface area contributed by atoms with Crippen molar-refractivity contribution < 1.29 is 5.11 Å². The van der Waals surface area contributed by atoms with E-state index >= 15 is 0 Å². The predicted molar refractivity (Wildman–Crippen MR) is 73.9 cm³/mol. The first-order valence-corrected chi connectivity index (χ1v) is 7.35. The Bertz CT molecular complexity index is 221. The molecule has 0 aromatic carbocycles. The molecule has 17 heavy (non-hydrogen) atoms. The number of aliphatic hydroxyl groups is 1. The summed E-state index contributed by atoms with van der Waals surface area (Å²) >= 11 is 0. The molecule has 1 aliphatic carbocycles. The molecule has 0 amide bonds. The minimum atomic E-state index is -0.170. The highest BCUT2D eigenvalue weighted by atomic mass is 16.3. The van der Waals surface area contributed by atoms with Crippen molar-refractivity contribution in [1.82, 2.24) is 0 Å². The summed E-state index contributed by atoms with van der Waals surface area (Å²) in [5, 5.41) is 9.35. The van der Waals surface area contributed by atoms with Crippen molar-refractivity contribution in [2.45, 2.75) is 77.7 Å². The van der Waals surface area contributed by atoms with Crippen LogP contribution in [0.4, 0.5) is 0 Å². The Morgan fingerprint density at radius 1 is 1.29 bits per heavy atom. The molecule has 2 nitrogen and oxygen atoms in total. The summed E-state index contributed by atoms with van der Waals surface area (Å²) in [4.78, 5) is 0. The van der Waals surface area contributed by atoms with E-state index in [4.69, 9.17) is 5.73 Å². The highest BCUT2D eigenvalue weighted by molar-refractivity contribution is 4.98. The Labute approximate surface area is 107 Å². The van der Waals surface area contributed by atoms with Crippen LogP contribution in [0.25, 0.3) is 0 Å². The maximum Gasteiger partial charge on any atom is 0.0437 e. The number of hydrogen-bond donors (Lipinski definition) is 2. The second-order valence-corrected chi connectivity index (χ2v) is 6.56. The minimum absolute atomic E-state index is 0.157. The molecular weight excluding hydrogens is 210 g/mol. The zero-order valence-electron chi connectivity index (χ0n) is 12.0. The Hall–Kier alpha value is -0.0800. The second kappa shape index (κ2) is 6.19. The van der Waals surface area contributed by atoms with Crippen LogP contribution in [0.2, 0.25) is 0 Å². The van der Waals surface area contributed by atoms with Crippen LogP contribution in [-0.2, 0) is 0 Å². The summed E-state index contributed by atoms with van der Waals surface area (Å²) in [6.45, 7) is 6.84. The van der Waals surface area contributed by atoms with E-state index in [-0.39, 0.29) is 17.6 Å². The Morgan fingerprint density at radius 2 is 2.00 bits per heavy atom. The average Bonchev–Trinajstić information content (AvgIpc) is 2.42. The van der Waals surface area contributed by atoms with E-state index in [1.807, 2.05) is 0 Å². The van der Waals surface area contributed by atoms with Crippen LogP contribution in [-0.4, -0.2) is 17.3 Å². The standard InChI is InChI=1S/C15H31NO/c1-4-6-13-7-5-9-15(10-8-13,11-12-17)14(2,3)16/h13,17H,4-12,16H2,1-3H3. The molecule has 1 saturated carbocycles. The van der Waals surface area contributed by atoms with Gasteiger partial charge >= 0.3 is 0 Å². The maximum atomic E-state index is 9.35. The van der Waals surface area contributed by atoms with Crippen LogP contribution >= 0.6 is 0 Å². The summed E-state index contributed by atoms with van der Waals surface area (Å²) in [5.74, 6) is 0.892. The third-order valence-electron chi connectivity index (χ3n) is 4.95. The van der Waals surface area contributed by atoms with Crippen molar-refractivity contribution in [1.29, 1.82) is 0 Å². The SMILES string of the molecule is CCCC1CCCC(CCO)(C(C)(C)N)CC1. The van der Waals surface area contributed by atoms with Gasteiger partial charge in [-0.05, 0) is 50.9 Å². The molecule has 102 valence electrons. The molecule has 0 aliphatic heterocycles. The number of hydrogen-bond acceptors (Lipinski definition) is 2. The zero-order chi connectivity index (χ0) is 12.9. The van der Waals surface area contributed by atoms with E-state index in [0.717, 1.165) is 12.3 Å². The van der Waals surface area contributed by atoms with Gasteiger partial charge in [-0.25, -0.2) is 0 Å². The number of nitrogens with two attached hydrogens (primary N) is 1. The normalized spacial score (nSPS) is 31.2. The largest absolute Gasteiger partial charge is 0.396 e. The van der Waals surface area contributed by atoms with Gasteiger partial charge in [-0.3, -0.25) is 0 Å². The lowest BCUT2D eigenvalue weighted by molar-refractivity contribution is 0.0796. The van der Waals surface area contributed by atoms with Crippen molar-refractivity contribution in [3.8, 4) is 0 Å². The summed E-state index contributed by atoms with van der Waals surface area (Å²) in [6.07, 6.45) is 9.86. The van der Waals surface area contributed by atoms with Gasteiger partial charge in [0.1, 0.15) is 0 Å². The van der Waals surface area contributed by atoms with E-state index in [9.17, 15) is 5.11 Å². The molecule has 3 N–H and O–H groups in total. The highest BCUT2D eigenvalue weighted by Crippen LogP contribution is 2.46. The topological polar surface area (TPSA) is 46.2 Å². The van der Waals surface area contributed by atoms with Crippen molar-refractivity contribution in [3.05, 3.63) is 0 Å². The third-order valence-corrected chi connectivity index (χ3v) is 4.95. The van der Waals surface area contributed by atoms with Gasteiger partial charge in [0.15, 0.2) is 0 Å². The van der Waals surface area contributed by atoms with E-state index in [2.05, 4.69) is 20.8 Å². The highest BCUT2D eigenvalue weighted by Gasteiger charge is 2.42. The molecule has 0 spiro atoms. The summed E-state index contributed by atoms with van der Waals surface area (Å²) in [6, 6.07) is 0. The van der Waals surface area contributed by atoms with Crippen LogP contribution in [0.15, 0.2) is 0 Å². The monoisotopic (exact) mass is 241 g/mol. The van der Waals surface area contributed by atoms with Gasteiger partial charge < -0.3 is 10.8 Å². The molecule has 0 radical (unpaired) electrons. The maximum absolute atomic E-state index is 9.35. The molecule has 1 fully saturated rings. The molecule has 2 unspecified atom stereocenters. The predicted octanol–water partition coefficient (Wildman–Crippen LogP) is 3.47. The fourth-order valence-corrected chi connectivity index (χ4v) is 3.61.